The quantitative estimate of drug-likeness (QED) is 0.277. The Hall–Kier alpha value is -3.51. The van der Waals surface area contributed by atoms with Gasteiger partial charge in [0.05, 0.1) is 5.56 Å². The lowest BCUT2D eigenvalue weighted by atomic mass is 10.1. The van der Waals surface area contributed by atoms with Crippen LogP contribution in [0.1, 0.15) is 27.0 Å². The lowest BCUT2D eigenvalue weighted by molar-refractivity contribution is -0.130. The third-order valence-electron chi connectivity index (χ3n) is 4.58. The van der Waals surface area contributed by atoms with Gasteiger partial charge in [-0.15, -0.1) is 0 Å². The fourth-order valence-electron chi connectivity index (χ4n) is 3.10. The van der Waals surface area contributed by atoms with Crippen LogP contribution in [-0.2, 0) is 16.0 Å². The SMILES string of the molecule is Cc1cccc(C(=O)Oc2ccc(Br)cc2/C=C2/N=C(Cc3ccccc3)OC2=O)c1. The fourth-order valence-corrected chi connectivity index (χ4v) is 3.48. The molecule has 0 unspecified atom stereocenters. The molecule has 0 N–H and O–H groups in total. The highest BCUT2D eigenvalue weighted by atomic mass is 79.9. The molecule has 0 aliphatic carbocycles. The molecule has 0 saturated heterocycles. The van der Waals surface area contributed by atoms with Gasteiger partial charge in [-0.25, -0.2) is 14.6 Å². The molecule has 0 atom stereocenters. The number of cyclic esters (lactones) is 1. The Bertz CT molecular complexity index is 1220. The Labute approximate surface area is 188 Å². The zero-order valence-corrected chi connectivity index (χ0v) is 18.3. The van der Waals surface area contributed by atoms with Gasteiger partial charge in [0, 0.05) is 16.5 Å². The highest BCUT2D eigenvalue weighted by Gasteiger charge is 2.24. The second-order valence-corrected chi connectivity index (χ2v) is 7.94. The first-order chi connectivity index (χ1) is 15.0. The molecule has 154 valence electrons. The lowest BCUT2D eigenvalue weighted by Gasteiger charge is -2.09. The predicted molar refractivity (Wildman–Crippen MR) is 122 cm³/mol. The first kappa shape index (κ1) is 20.8. The van der Waals surface area contributed by atoms with E-state index >= 15 is 0 Å². The number of hydrogen-bond donors (Lipinski definition) is 0. The van der Waals surface area contributed by atoms with Gasteiger partial charge >= 0.3 is 11.9 Å². The van der Waals surface area contributed by atoms with Crippen molar-refractivity contribution in [3.63, 3.8) is 0 Å². The number of hydrogen-bond acceptors (Lipinski definition) is 5. The van der Waals surface area contributed by atoms with Gasteiger partial charge in [-0.2, -0.15) is 0 Å². The van der Waals surface area contributed by atoms with Crippen LogP contribution in [0.15, 0.2) is 88.0 Å². The molecule has 0 radical (unpaired) electrons. The maximum atomic E-state index is 12.6. The van der Waals surface area contributed by atoms with Gasteiger partial charge in [0.15, 0.2) is 5.70 Å². The van der Waals surface area contributed by atoms with Crippen LogP contribution in [0.5, 0.6) is 5.75 Å². The summed E-state index contributed by atoms with van der Waals surface area (Å²) in [4.78, 5) is 29.2. The second kappa shape index (κ2) is 9.10. The topological polar surface area (TPSA) is 65.0 Å². The number of esters is 2. The number of rotatable bonds is 5. The molecule has 5 nitrogen and oxygen atoms in total. The molecule has 1 heterocycles. The number of halogens is 1. The minimum atomic E-state index is -0.540. The lowest BCUT2D eigenvalue weighted by Crippen LogP contribution is -2.09. The molecule has 0 saturated carbocycles. The highest BCUT2D eigenvalue weighted by molar-refractivity contribution is 9.10. The van der Waals surface area contributed by atoms with E-state index in [1.165, 1.54) is 0 Å². The van der Waals surface area contributed by atoms with Gasteiger partial charge in [0.2, 0.25) is 5.90 Å². The molecule has 3 aromatic carbocycles. The molecule has 0 bridgehead atoms. The molecule has 1 aliphatic rings. The molecule has 3 aromatic rings. The third kappa shape index (κ3) is 5.16. The van der Waals surface area contributed by atoms with Crippen molar-refractivity contribution < 1.29 is 19.1 Å². The summed E-state index contributed by atoms with van der Waals surface area (Å²) in [6.45, 7) is 1.91. The van der Waals surface area contributed by atoms with Crippen molar-refractivity contribution in [3.05, 3.63) is 105 Å². The zero-order chi connectivity index (χ0) is 21.8. The van der Waals surface area contributed by atoms with E-state index in [0.717, 1.165) is 15.6 Å². The number of carbonyl (C=O) groups excluding carboxylic acids is 2. The van der Waals surface area contributed by atoms with Crippen molar-refractivity contribution in [1.29, 1.82) is 0 Å². The molecular formula is C25H18BrNO4. The summed E-state index contributed by atoms with van der Waals surface area (Å²) in [5.74, 6) is -0.368. The molecule has 31 heavy (non-hydrogen) atoms. The minimum absolute atomic E-state index is 0.150. The van der Waals surface area contributed by atoms with Crippen LogP contribution in [-0.4, -0.2) is 17.8 Å². The van der Waals surface area contributed by atoms with Crippen LogP contribution in [0, 0.1) is 6.92 Å². The largest absolute Gasteiger partial charge is 0.422 e. The van der Waals surface area contributed by atoms with E-state index in [4.69, 9.17) is 9.47 Å². The van der Waals surface area contributed by atoms with E-state index in [9.17, 15) is 9.59 Å². The second-order valence-electron chi connectivity index (χ2n) is 7.03. The summed E-state index contributed by atoms with van der Waals surface area (Å²) in [6, 6.07) is 22.0. The number of carbonyl (C=O) groups is 2. The van der Waals surface area contributed by atoms with Gasteiger partial charge < -0.3 is 9.47 Å². The van der Waals surface area contributed by atoms with Crippen molar-refractivity contribution in [2.45, 2.75) is 13.3 Å². The average molecular weight is 476 g/mol. The third-order valence-corrected chi connectivity index (χ3v) is 5.08. The van der Waals surface area contributed by atoms with Crippen molar-refractivity contribution in [2.24, 2.45) is 4.99 Å². The number of nitrogens with zero attached hydrogens (tertiary/aromatic N) is 1. The molecule has 0 spiro atoms. The first-order valence-corrected chi connectivity index (χ1v) is 10.4. The molecule has 0 amide bonds. The van der Waals surface area contributed by atoms with Gasteiger partial charge in [-0.3, -0.25) is 0 Å². The Kier molecular flexibility index (Phi) is 6.09. The first-order valence-electron chi connectivity index (χ1n) is 9.62. The van der Waals surface area contributed by atoms with Crippen molar-refractivity contribution in [1.82, 2.24) is 0 Å². The Morgan fingerprint density at radius 2 is 1.87 bits per heavy atom. The normalized spacial score (nSPS) is 14.3. The van der Waals surface area contributed by atoms with Crippen LogP contribution in [0.2, 0.25) is 0 Å². The summed E-state index contributed by atoms with van der Waals surface area (Å²) < 4.78 is 11.7. The Morgan fingerprint density at radius 1 is 1.06 bits per heavy atom. The molecule has 6 heteroatoms. The Morgan fingerprint density at radius 3 is 2.65 bits per heavy atom. The number of aliphatic imine (C=N–C) groups is 1. The van der Waals surface area contributed by atoms with E-state index in [1.54, 1.807) is 42.5 Å². The summed E-state index contributed by atoms with van der Waals surface area (Å²) in [6.07, 6.45) is 1.97. The molecule has 1 aliphatic heterocycles. The molecular weight excluding hydrogens is 458 g/mol. The summed E-state index contributed by atoms with van der Waals surface area (Å²) in [5, 5.41) is 0. The standard InChI is InChI=1S/C25H18BrNO4/c1-16-6-5-9-18(12-16)24(28)30-22-11-10-20(26)14-19(22)15-21-25(29)31-23(27-21)13-17-7-3-2-4-8-17/h2-12,14-15H,13H2,1H3/b21-15+. The molecule has 4 rings (SSSR count). The van der Waals surface area contributed by atoms with Crippen LogP contribution in [0.4, 0.5) is 0 Å². The minimum Gasteiger partial charge on any atom is -0.422 e. The van der Waals surface area contributed by atoms with E-state index in [0.29, 0.717) is 29.2 Å². The van der Waals surface area contributed by atoms with Crippen LogP contribution in [0.3, 0.4) is 0 Å². The maximum absolute atomic E-state index is 12.6. The van der Waals surface area contributed by atoms with Crippen LogP contribution in [0.25, 0.3) is 6.08 Å². The molecule has 0 fully saturated rings. The summed E-state index contributed by atoms with van der Waals surface area (Å²) in [7, 11) is 0. The van der Waals surface area contributed by atoms with Gasteiger partial charge in [0.25, 0.3) is 0 Å². The Balaban J connectivity index is 1.60. The smallest absolute Gasteiger partial charge is 0.363 e. The maximum Gasteiger partial charge on any atom is 0.363 e. The zero-order valence-electron chi connectivity index (χ0n) is 16.7. The fraction of sp³-hybridized carbons (Fsp3) is 0.0800. The average Bonchev–Trinajstić information content (AvgIpc) is 3.09. The number of benzene rings is 3. The predicted octanol–water partition coefficient (Wildman–Crippen LogP) is 5.52. The van der Waals surface area contributed by atoms with Crippen LogP contribution < -0.4 is 4.74 Å². The monoisotopic (exact) mass is 475 g/mol. The summed E-state index contributed by atoms with van der Waals surface area (Å²) >= 11 is 3.42. The van der Waals surface area contributed by atoms with Crippen molar-refractivity contribution in [3.8, 4) is 5.75 Å². The van der Waals surface area contributed by atoms with Gasteiger partial charge in [-0.1, -0.05) is 64.0 Å². The van der Waals surface area contributed by atoms with Crippen molar-refractivity contribution in [2.75, 3.05) is 0 Å². The van der Waals surface area contributed by atoms with E-state index in [1.807, 2.05) is 43.3 Å². The van der Waals surface area contributed by atoms with E-state index < -0.39 is 11.9 Å². The highest BCUT2D eigenvalue weighted by Crippen LogP contribution is 2.28. The van der Waals surface area contributed by atoms with Gasteiger partial charge in [0.1, 0.15) is 5.75 Å². The van der Waals surface area contributed by atoms with E-state index in [-0.39, 0.29) is 5.70 Å². The van der Waals surface area contributed by atoms with E-state index in [2.05, 4.69) is 20.9 Å². The number of ether oxygens (including phenoxy) is 2. The van der Waals surface area contributed by atoms with Crippen molar-refractivity contribution >= 4 is 39.8 Å². The summed E-state index contributed by atoms with van der Waals surface area (Å²) in [5.41, 5.74) is 3.08. The molecule has 0 aromatic heterocycles. The van der Waals surface area contributed by atoms with Gasteiger partial charge in [-0.05, 0) is 48.9 Å². The van der Waals surface area contributed by atoms with Crippen LogP contribution >= 0.6 is 15.9 Å². The number of aryl methyl sites for hydroxylation is 1.